The van der Waals surface area contributed by atoms with E-state index in [0.29, 0.717) is 22.9 Å². The third-order valence-electron chi connectivity index (χ3n) is 5.06. The molecular formula is C19H27N5OS2. The van der Waals surface area contributed by atoms with E-state index in [4.69, 9.17) is 12.2 Å². The molecule has 0 radical (unpaired) electrons. The van der Waals surface area contributed by atoms with Crippen molar-refractivity contribution in [3.63, 3.8) is 0 Å². The number of amides is 1. The van der Waals surface area contributed by atoms with Crippen molar-refractivity contribution in [2.45, 2.75) is 64.8 Å². The fourth-order valence-corrected chi connectivity index (χ4v) is 4.84. The average Bonchev–Trinajstić information content (AvgIpc) is 3.19. The molecule has 6 nitrogen and oxygen atoms in total. The molecule has 0 bridgehead atoms. The van der Waals surface area contributed by atoms with E-state index in [1.54, 1.807) is 6.08 Å². The molecule has 0 aromatic carbocycles. The van der Waals surface area contributed by atoms with Gasteiger partial charge in [-0.2, -0.15) is 5.10 Å². The zero-order chi connectivity index (χ0) is 19.2. The lowest BCUT2D eigenvalue weighted by Gasteiger charge is -2.20. The third kappa shape index (κ3) is 5.13. The van der Waals surface area contributed by atoms with Crippen LogP contribution in [0.15, 0.2) is 12.7 Å². The average molecular weight is 406 g/mol. The number of allylic oxidation sites excluding steroid dienone is 1. The lowest BCUT2D eigenvalue weighted by molar-refractivity contribution is -0.116. The maximum atomic E-state index is 12.3. The molecule has 0 unspecified atom stereocenters. The molecule has 1 aliphatic carbocycles. The summed E-state index contributed by atoms with van der Waals surface area (Å²) < 4.78 is 2.42. The van der Waals surface area contributed by atoms with Gasteiger partial charge in [-0.1, -0.05) is 49.5 Å². The van der Waals surface area contributed by atoms with E-state index in [2.05, 4.69) is 27.1 Å². The molecule has 8 heteroatoms. The van der Waals surface area contributed by atoms with Crippen molar-refractivity contribution in [1.82, 2.24) is 19.7 Å². The Morgan fingerprint density at radius 2 is 2.22 bits per heavy atom. The summed E-state index contributed by atoms with van der Waals surface area (Å²) in [7, 11) is 0. The van der Waals surface area contributed by atoms with Crippen LogP contribution in [0.25, 0.3) is 10.7 Å². The maximum Gasteiger partial charge on any atom is 0.226 e. The first-order valence-electron chi connectivity index (χ1n) is 9.62. The van der Waals surface area contributed by atoms with E-state index in [1.165, 1.54) is 43.4 Å². The Kier molecular flexibility index (Phi) is 6.95. The Morgan fingerprint density at radius 1 is 1.44 bits per heavy atom. The van der Waals surface area contributed by atoms with Crippen LogP contribution >= 0.6 is 23.6 Å². The number of aromatic amines is 1. The van der Waals surface area contributed by atoms with E-state index in [9.17, 15) is 4.79 Å². The topological polar surface area (TPSA) is 75.6 Å². The van der Waals surface area contributed by atoms with E-state index in [-0.39, 0.29) is 5.91 Å². The van der Waals surface area contributed by atoms with Gasteiger partial charge in [0, 0.05) is 13.0 Å². The zero-order valence-electron chi connectivity index (χ0n) is 15.8. The molecule has 0 atom stereocenters. The van der Waals surface area contributed by atoms with Crippen LogP contribution in [0.4, 0.5) is 5.13 Å². The monoisotopic (exact) mass is 405 g/mol. The van der Waals surface area contributed by atoms with Crippen LogP contribution in [0.1, 0.15) is 57.1 Å². The number of nitrogens with zero attached hydrogens (tertiary/aromatic N) is 3. The van der Waals surface area contributed by atoms with Gasteiger partial charge in [0.25, 0.3) is 0 Å². The van der Waals surface area contributed by atoms with E-state index in [0.717, 1.165) is 35.2 Å². The molecule has 1 aliphatic rings. The molecule has 146 valence electrons. The van der Waals surface area contributed by atoms with E-state index in [1.807, 2.05) is 11.5 Å². The number of hydrogen-bond acceptors (Lipinski definition) is 5. The van der Waals surface area contributed by atoms with Gasteiger partial charge in [-0.15, -0.1) is 6.58 Å². The molecule has 1 saturated carbocycles. The summed E-state index contributed by atoms with van der Waals surface area (Å²) in [5.41, 5.74) is 0.830. The molecule has 0 aliphatic heterocycles. The van der Waals surface area contributed by atoms with Crippen molar-refractivity contribution >= 4 is 34.6 Å². The molecule has 0 spiro atoms. The van der Waals surface area contributed by atoms with Crippen molar-refractivity contribution < 1.29 is 4.79 Å². The van der Waals surface area contributed by atoms with Crippen LogP contribution in [0, 0.1) is 17.6 Å². The van der Waals surface area contributed by atoms with Crippen molar-refractivity contribution in [3.8, 4) is 10.7 Å². The first kappa shape index (κ1) is 19.9. The quantitative estimate of drug-likeness (QED) is 0.465. The number of H-pyrrole nitrogens is 1. The smallest absolute Gasteiger partial charge is 0.226 e. The zero-order valence-corrected chi connectivity index (χ0v) is 17.4. The Balaban J connectivity index is 1.58. The number of aromatic nitrogens is 4. The highest BCUT2D eigenvalue weighted by Crippen LogP contribution is 2.32. The van der Waals surface area contributed by atoms with Gasteiger partial charge in [0.15, 0.2) is 15.7 Å². The number of rotatable bonds is 8. The normalized spacial score (nSPS) is 15.0. The highest BCUT2D eigenvalue weighted by molar-refractivity contribution is 7.71. The van der Waals surface area contributed by atoms with Gasteiger partial charge >= 0.3 is 0 Å². The van der Waals surface area contributed by atoms with Crippen LogP contribution in [-0.4, -0.2) is 25.7 Å². The summed E-state index contributed by atoms with van der Waals surface area (Å²) in [5.74, 6) is 1.58. The second-order valence-corrected chi connectivity index (χ2v) is 8.52. The van der Waals surface area contributed by atoms with Gasteiger partial charge in [-0.05, 0) is 37.9 Å². The standard InChI is InChI=1S/C19H27N5OS2/c1-3-12-24-17(22-23-19(24)26)16-13(2)20-18(27-16)21-15(25)11-7-10-14-8-5-4-6-9-14/h3,14H,1,4-12H2,2H3,(H,23,26)(H,20,21,25). The molecule has 1 amide bonds. The van der Waals surface area contributed by atoms with Crippen LogP contribution in [0.5, 0.6) is 0 Å². The van der Waals surface area contributed by atoms with Gasteiger partial charge in [0.2, 0.25) is 5.91 Å². The second-order valence-electron chi connectivity index (χ2n) is 7.13. The van der Waals surface area contributed by atoms with Crippen molar-refractivity contribution in [3.05, 3.63) is 23.1 Å². The van der Waals surface area contributed by atoms with Crippen LogP contribution < -0.4 is 5.32 Å². The Bertz CT molecular complexity index is 845. The molecule has 0 saturated heterocycles. The Morgan fingerprint density at radius 3 is 2.96 bits per heavy atom. The number of carbonyl (C=O) groups is 1. The number of hydrogen-bond donors (Lipinski definition) is 2. The summed E-state index contributed by atoms with van der Waals surface area (Å²) in [4.78, 5) is 17.7. The van der Waals surface area contributed by atoms with Gasteiger partial charge in [0.1, 0.15) is 0 Å². The van der Waals surface area contributed by atoms with E-state index < -0.39 is 0 Å². The summed E-state index contributed by atoms with van der Waals surface area (Å²) in [6.07, 6.45) is 11.2. The lowest BCUT2D eigenvalue weighted by atomic mass is 9.86. The summed E-state index contributed by atoms with van der Waals surface area (Å²) in [6, 6.07) is 0. The Hall–Kier alpha value is -1.80. The number of thiazole rings is 1. The SMILES string of the molecule is C=CCn1c(-c2sc(NC(=O)CCCC3CCCCC3)nc2C)n[nH]c1=S. The molecule has 2 aromatic heterocycles. The predicted molar refractivity (Wildman–Crippen MR) is 113 cm³/mol. The summed E-state index contributed by atoms with van der Waals surface area (Å²) >= 11 is 6.70. The van der Waals surface area contributed by atoms with Gasteiger partial charge in [-0.3, -0.25) is 14.5 Å². The summed E-state index contributed by atoms with van der Waals surface area (Å²) in [6.45, 7) is 6.25. The van der Waals surface area contributed by atoms with Gasteiger partial charge in [-0.25, -0.2) is 4.98 Å². The van der Waals surface area contributed by atoms with Gasteiger partial charge < -0.3 is 5.32 Å². The van der Waals surface area contributed by atoms with Crippen molar-refractivity contribution in [2.75, 3.05) is 5.32 Å². The van der Waals surface area contributed by atoms with Crippen molar-refractivity contribution in [1.29, 1.82) is 0 Å². The fraction of sp³-hybridized carbons (Fsp3) is 0.579. The predicted octanol–water partition coefficient (Wildman–Crippen LogP) is 5.25. The minimum atomic E-state index is 0.0380. The number of nitrogens with one attached hydrogen (secondary N) is 2. The highest BCUT2D eigenvalue weighted by atomic mass is 32.1. The molecule has 1 fully saturated rings. The number of carbonyl (C=O) groups excluding carboxylic acids is 1. The third-order valence-corrected chi connectivity index (χ3v) is 6.44. The first-order chi connectivity index (χ1) is 13.1. The minimum Gasteiger partial charge on any atom is -0.302 e. The molecule has 2 N–H and O–H groups in total. The van der Waals surface area contributed by atoms with Crippen LogP contribution in [-0.2, 0) is 11.3 Å². The van der Waals surface area contributed by atoms with Crippen LogP contribution in [0.2, 0.25) is 0 Å². The first-order valence-corrected chi connectivity index (χ1v) is 10.8. The molecule has 27 heavy (non-hydrogen) atoms. The molecule has 3 rings (SSSR count). The molecule has 2 aromatic rings. The fourth-order valence-electron chi connectivity index (χ4n) is 3.66. The Labute approximate surface area is 169 Å². The number of aryl methyl sites for hydroxylation is 1. The summed E-state index contributed by atoms with van der Waals surface area (Å²) in [5, 5.41) is 10.7. The minimum absolute atomic E-state index is 0.0380. The van der Waals surface area contributed by atoms with Crippen LogP contribution in [0.3, 0.4) is 0 Å². The van der Waals surface area contributed by atoms with Gasteiger partial charge in [0.05, 0.1) is 10.6 Å². The molecular weight excluding hydrogens is 378 g/mol. The molecule has 2 heterocycles. The highest BCUT2D eigenvalue weighted by Gasteiger charge is 2.18. The second kappa shape index (κ2) is 9.41. The van der Waals surface area contributed by atoms with Crippen molar-refractivity contribution in [2.24, 2.45) is 5.92 Å². The number of anilines is 1. The maximum absolute atomic E-state index is 12.3. The largest absolute Gasteiger partial charge is 0.302 e. The van der Waals surface area contributed by atoms with E-state index >= 15 is 0 Å². The lowest BCUT2D eigenvalue weighted by Crippen LogP contribution is -2.12.